The monoisotopic (exact) mass is 265 g/mol. The summed E-state index contributed by atoms with van der Waals surface area (Å²) in [6, 6.07) is 1.67. The third kappa shape index (κ3) is 2.28. The second-order valence-corrected chi connectivity index (χ2v) is 5.14. The fourth-order valence-corrected chi connectivity index (χ4v) is 3.14. The van der Waals surface area contributed by atoms with Gasteiger partial charge in [0, 0.05) is 18.6 Å². The van der Waals surface area contributed by atoms with Crippen LogP contribution in [0.25, 0.3) is 0 Å². The van der Waals surface area contributed by atoms with E-state index in [0.29, 0.717) is 6.04 Å². The van der Waals surface area contributed by atoms with Crippen molar-refractivity contribution >= 4 is 11.8 Å². The number of carboxylic acid groups (broad SMARTS) is 1. The van der Waals surface area contributed by atoms with E-state index in [1.807, 2.05) is 0 Å². The van der Waals surface area contributed by atoms with Crippen molar-refractivity contribution in [2.75, 3.05) is 18.4 Å². The Bertz CT molecular complexity index is 509. The van der Waals surface area contributed by atoms with E-state index in [0.717, 1.165) is 38.2 Å². The minimum Gasteiger partial charge on any atom is -0.478 e. The van der Waals surface area contributed by atoms with Gasteiger partial charge in [-0.2, -0.15) is 0 Å². The molecule has 2 saturated heterocycles. The average Bonchev–Trinajstić information content (AvgIpc) is 2.96. The average molecular weight is 265 g/mol. The van der Waals surface area contributed by atoms with Gasteiger partial charge >= 0.3 is 5.97 Å². The number of hydrogen-bond acceptors (Lipinski definition) is 4. The van der Waals surface area contributed by atoms with E-state index in [1.54, 1.807) is 0 Å². The second kappa shape index (κ2) is 4.77. The van der Waals surface area contributed by atoms with E-state index in [2.05, 4.69) is 15.2 Å². The summed E-state index contributed by atoms with van der Waals surface area (Å²) in [5.41, 5.74) is -0.101. The number of halogens is 1. The molecule has 0 saturated carbocycles. The first-order valence-corrected chi connectivity index (χ1v) is 6.54. The summed E-state index contributed by atoms with van der Waals surface area (Å²) in [5, 5.41) is 12.3. The lowest BCUT2D eigenvalue weighted by Crippen LogP contribution is -2.34. The molecule has 5 nitrogen and oxygen atoms in total. The van der Waals surface area contributed by atoms with Gasteiger partial charge in [-0.3, -0.25) is 4.90 Å². The van der Waals surface area contributed by atoms with Crippen LogP contribution in [0, 0.1) is 5.82 Å². The van der Waals surface area contributed by atoms with E-state index in [-0.39, 0.29) is 17.4 Å². The maximum atomic E-state index is 13.1. The second-order valence-electron chi connectivity index (χ2n) is 5.14. The maximum Gasteiger partial charge on any atom is 0.339 e. The van der Waals surface area contributed by atoms with Gasteiger partial charge in [-0.25, -0.2) is 14.2 Å². The highest BCUT2D eigenvalue weighted by molar-refractivity contribution is 5.93. The van der Waals surface area contributed by atoms with Crippen LogP contribution < -0.4 is 5.32 Å². The van der Waals surface area contributed by atoms with Crippen molar-refractivity contribution in [1.29, 1.82) is 0 Å². The van der Waals surface area contributed by atoms with Crippen molar-refractivity contribution in [2.24, 2.45) is 0 Å². The van der Waals surface area contributed by atoms with Gasteiger partial charge in [0.25, 0.3) is 0 Å². The van der Waals surface area contributed by atoms with Gasteiger partial charge in [0.05, 0.1) is 6.20 Å². The molecule has 2 aliphatic heterocycles. The van der Waals surface area contributed by atoms with Crippen molar-refractivity contribution in [2.45, 2.75) is 31.3 Å². The highest BCUT2D eigenvalue weighted by atomic mass is 19.1. The number of hydrogen-bond donors (Lipinski definition) is 2. The van der Waals surface area contributed by atoms with Gasteiger partial charge in [0.15, 0.2) is 0 Å². The fourth-order valence-electron chi connectivity index (χ4n) is 3.14. The van der Waals surface area contributed by atoms with Crippen LogP contribution in [0.1, 0.15) is 29.6 Å². The molecule has 0 spiro atoms. The van der Waals surface area contributed by atoms with Crippen LogP contribution in [-0.4, -0.2) is 46.1 Å². The predicted molar refractivity (Wildman–Crippen MR) is 67.8 cm³/mol. The van der Waals surface area contributed by atoms with Crippen molar-refractivity contribution < 1.29 is 14.3 Å². The molecule has 3 heterocycles. The van der Waals surface area contributed by atoms with E-state index in [9.17, 15) is 9.18 Å². The van der Waals surface area contributed by atoms with Crippen molar-refractivity contribution in [1.82, 2.24) is 9.88 Å². The summed E-state index contributed by atoms with van der Waals surface area (Å²) >= 11 is 0. The van der Waals surface area contributed by atoms with Gasteiger partial charge in [0.2, 0.25) is 0 Å². The van der Waals surface area contributed by atoms with Crippen molar-refractivity contribution in [3.63, 3.8) is 0 Å². The van der Waals surface area contributed by atoms with Crippen LogP contribution >= 0.6 is 0 Å². The van der Waals surface area contributed by atoms with Gasteiger partial charge in [-0.15, -0.1) is 0 Å². The largest absolute Gasteiger partial charge is 0.478 e. The zero-order valence-electron chi connectivity index (χ0n) is 10.5. The molecule has 0 aromatic carbocycles. The first-order chi connectivity index (χ1) is 9.15. The van der Waals surface area contributed by atoms with Gasteiger partial charge < -0.3 is 10.4 Å². The van der Waals surface area contributed by atoms with Crippen LogP contribution in [0.15, 0.2) is 12.3 Å². The number of pyridine rings is 1. The number of aromatic carboxylic acids is 1. The Morgan fingerprint density at radius 3 is 3.11 bits per heavy atom. The molecule has 102 valence electrons. The third-order valence-electron chi connectivity index (χ3n) is 4.01. The Kier molecular flexibility index (Phi) is 3.10. The van der Waals surface area contributed by atoms with E-state index in [1.165, 1.54) is 6.42 Å². The van der Waals surface area contributed by atoms with Crippen molar-refractivity contribution in [3.8, 4) is 0 Å². The Morgan fingerprint density at radius 2 is 2.32 bits per heavy atom. The number of anilines is 1. The zero-order chi connectivity index (χ0) is 13.4. The number of aromatic nitrogens is 1. The molecule has 1 aromatic rings. The van der Waals surface area contributed by atoms with Gasteiger partial charge in [0.1, 0.15) is 17.2 Å². The molecule has 2 N–H and O–H groups in total. The molecule has 2 atom stereocenters. The third-order valence-corrected chi connectivity index (χ3v) is 4.01. The van der Waals surface area contributed by atoms with E-state index >= 15 is 0 Å². The van der Waals surface area contributed by atoms with Crippen LogP contribution in [-0.2, 0) is 0 Å². The molecule has 2 fully saturated rings. The molecule has 6 heteroatoms. The highest BCUT2D eigenvalue weighted by Crippen LogP contribution is 2.30. The Morgan fingerprint density at radius 1 is 1.47 bits per heavy atom. The quantitative estimate of drug-likeness (QED) is 0.868. The fraction of sp³-hybridized carbons (Fsp3) is 0.538. The summed E-state index contributed by atoms with van der Waals surface area (Å²) in [6.07, 6.45) is 4.34. The summed E-state index contributed by atoms with van der Waals surface area (Å²) in [6.45, 7) is 2.15. The van der Waals surface area contributed by atoms with Crippen LogP contribution in [0.5, 0.6) is 0 Å². The smallest absolute Gasteiger partial charge is 0.339 e. The summed E-state index contributed by atoms with van der Waals surface area (Å²) < 4.78 is 13.1. The zero-order valence-corrected chi connectivity index (χ0v) is 10.5. The van der Waals surface area contributed by atoms with Crippen LogP contribution in [0.2, 0.25) is 0 Å². The topological polar surface area (TPSA) is 65.5 Å². The summed E-state index contributed by atoms with van der Waals surface area (Å²) in [5.74, 6) is -1.51. The number of carboxylic acids is 1. The van der Waals surface area contributed by atoms with Crippen LogP contribution in [0.4, 0.5) is 10.2 Å². The molecule has 2 unspecified atom stereocenters. The predicted octanol–water partition coefficient (Wildman–Crippen LogP) is 1.57. The Labute approximate surface area is 110 Å². The number of nitrogens with zero attached hydrogens (tertiary/aromatic N) is 2. The molecular weight excluding hydrogens is 249 g/mol. The number of carbonyl (C=O) groups is 1. The normalized spacial score (nSPS) is 26.4. The Hall–Kier alpha value is -1.69. The molecule has 0 bridgehead atoms. The minimum atomic E-state index is -1.16. The first-order valence-electron chi connectivity index (χ1n) is 6.54. The molecule has 1 aromatic heterocycles. The molecule has 0 radical (unpaired) electrons. The van der Waals surface area contributed by atoms with Crippen LogP contribution in [0.3, 0.4) is 0 Å². The minimum absolute atomic E-state index is 0.101. The standard InChI is InChI=1S/C13H16FN3O2/c14-8-6-9(13(18)19)12(15-7-8)16-10-3-5-17-4-1-2-11(10)17/h6-7,10-11H,1-5H2,(H,15,16)(H,18,19). The summed E-state index contributed by atoms with van der Waals surface area (Å²) in [7, 11) is 0. The van der Waals surface area contributed by atoms with E-state index < -0.39 is 11.8 Å². The van der Waals surface area contributed by atoms with Gasteiger partial charge in [-0.05, 0) is 31.9 Å². The lowest BCUT2D eigenvalue weighted by molar-refractivity contribution is 0.0697. The summed E-state index contributed by atoms with van der Waals surface area (Å²) in [4.78, 5) is 17.4. The highest BCUT2D eigenvalue weighted by Gasteiger charge is 2.37. The molecule has 0 amide bonds. The first kappa shape index (κ1) is 12.3. The number of fused-ring (bicyclic) bond motifs is 1. The lowest BCUT2D eigenvalue weighted by Gasteiger charge is -2.22. The molecular formula is C13H16FN3O2. The van der Waals surface area contributed by atoms with Crippen molar-refractivity contribution in [3.05, 3.63) is 23.6 Å². The van der Waals surface area contributed by atoms with E-state index in [4.69, 9.17) is 5.11 Å². The SMILES string of the molecule is O=C(O)c1cc(F)cnc1NC1CCN2CCCC12. The molecule has 3 rings (SSSR count). The lowest BCUT2D eigenvalue weighted by atomic mass is 10.1. The van der Waals surface area contributed by atoms with Gasteiger partial charge in [-0.1, -0.05) is 0 Å². The maximum absolute atomic E-state index is 13.1. The number of rotatable bonds is 3. The Balaban J connectivity index is 1.81. The molecule has 0 aliphatic carbocycles. The number of nitrogens with one attached hydrogen (secondary N) is 1. The molecule has 2 aliphatic rings. The molecule has 19 heavy (non-hydrogen) atoms.